The largest absolute Gasteiger partial charge is 0.481 e. The minimum absolute atomic E-state index is 0.695. The maximum atomic E-state index is 5.21. The average molecular weight is 344 g/mol. The van der Waals surface area contributed by atoms with Crippen molar-refractivity contribution < 1.29 is 4.74 Å². The monoisotopic (exact) mass is 344 g/mol. The molecule has 2 aromatic heterocycles. The van der Waals surface area contributed by atoms with Crippen LogP contribution in [-0.2, 0) is 13.1 Å². The van der Waals surface area contributed by atoms with Crippen LogP contribution in [0.4, 0.5) is 0 Å². The Bertz CT molecular complexity index is 677. The van der Waals surface area contributed by atoms with E-state index in [0.29, 0.717) is 5.88 Å². The molecule has 2 fully saturated rings. The summed E-state index contributed by atoms with van der Waals surface area (Å²) < 4.78 is 5.21. The number of hydrogen-bond donors (Lipinski definition) is 0. The molecule has 6 heteroatoms. The zero-order valence-corrected chi connectivity index (χ0v) is 15.0. The van der Waals surface area contributed by atoms with E-state index >= 15 is 0 Å². The molecule has 1 aliphatic carbocycles. The van der Waals surface area contributed by atoms with Gasteiger partial charge < -0.3 is 4.74 Å². The molecule has 1 saturated heterocycles. The quantitative estimate of drug-likeness (QED) is 0.806. The van der Waals surface area contributed by atoms with Crippen LogP contribution >= 0.6 is 11.3 Å². The number of ether oxygens (including phenoxy) is 1. The minimum Gasteiger partial charge on any atom is -0.481 e. The standard InChI is InChI=1S/C18H24N4OS/c1-23-17-4-2-3-15(19-17)11-21-7-9-22(10-8-21)12-16-13-24-18(20-16)14-5-6-14/h2-4,13-14H,5-12H2,1H3. The van der Waals surface area contributed by atoms with E-state index in [1.807, 2.05) is 23.5 Å². The van der Waals surface area contributed by atoms with Crippen molar-refractivity contribution >= 4 is 11.3 Å². The van der Waals surface area contributed by atoms with E-state index in [1.54, 1.807) is 7.11 Å². The molecule has 0 aromatic carbocycles. The van der Waals surface area contributed by atoms with E-state index in [4.69, 9.17) is 9.72 Å². The molecule has 0 atom stereocenters. The molecule has 4 rings (SSSR count). The summed E-state index contributed by atoms with van der Waals surface area (Å²) in [6, 6.07) is 5.98. The van der Waals surface area contributed by atoms with Crippen molar-refractivity contribution in [3.8, 4) is 5.88 Å². The topological polar surface area (TPSA) is 41.5 Å². The highest BCUT2D eigenvalue weighted by molar-refractivity contribution is 7.09. The third-order valence-electron chi connectivity index (χ3n) is 4.72. The van der Waals surface area contributed by atoms with Crippen LogP contribution in [0.15, 0.2) is 23.6 Å². The second-order valence-electron chi connectivity index (χ2n) is 6.67. The molecular weight excluding hydrogens is 320 g/mol. The number of hydrogen-bond acceptors (Lipinski definition) is 6. The fraction of sp³-hybridized carbons (Fsp3) is 0.556. The highest BCUT2D eigenvalue weighted by Gasteiger charge is 2.27. The van der Waals surface area contributed by atoms with Gasteiger partial charge in [0.2, 0.25) is 5.88 Å². The summed E-state index contributed by atoms with van der Waals surface area (Å²) in [4.78, 5) is 14.3. The summed E-state index contributed by atoms with van der Waals surface area (Å²) >= 11 is 1.85. The first-order valence-electron chi connectivity index (χ1n) is 8.69. The minimum atomic E-state index is 0.695. The first-order valence-corrected chi connectivity index (χ1v) is 9.57. The van der Waals surface area contributed by atoms with Gasteiger partial charge in [-0.05, 0) is 18.9 Å². The summed E-state index contributed by atoms with van der Waals surface area (Å²) in [6.45, 7) is 6.25. The molecule has 24 heavy (non-hydrogen) atoms. The zero-order chi connectivity index (χ0) is 16.4. The molecular formula is C18H24N4OS. The highest BCUT2D eigenvalue weighted by atomic mass is 32.1. The Kier molecular flexibility index (Phi) is 4.78. The number of rotatable bonds is 6. The van der Waals surface area contributed by atoms with Gasteiger partial charge in [0, 0.05) is 56.6 Å². The Morgan fingerprint density at radius 1 is 1.04 bits per heavy atom. The Hall–Kier alpha value is -1.50. The lowest BCUT2D eigenvalue weighted by atomic mass is 10.2. The van der Waals surface area contributed by atoms with E-state index in [-0.39, 0.29) is 0 Å². The van der Waals surface area contributed by atoms with Gasteiger partial charge in [0.1, 0.15) is 0 Å². The number of methoxy groups -OCH3 is 1. The van der Waals surface area contributed by atoms with Crippen LogP contribution in [-0.4, -0.2) is 53.1 Å². The van der Waals surface area contributed by atoms with Crippen LogP contribution in [0.3, 0.4) is 0 Å². The summed E-state index contributed by atoms with van der Waals surface area (Å²) in [5.74, 6) is 1.47. The van der Waals surface area contributed by atoms with Crippen molar-refractivity contribution in [3.63, 3.8) is 0 Å². The van der Waals surface area contributed by atoms with Crippen LogP contribution in [0.5, 0.6) is 5.88 Å². The molecule has 0 amide bonds. The summed E-state index contributed by atoms with van der Waals surface area (Å²) in [6.07, 6.45) is 2.67. The molecule has 5 nitrogen and oxygen atoms in total. The molecule has 2 aromatic rings. The fourth-order valence-electron chi connectivity index (χ4n) is 3.14. The van der Waals surface area contributed by atoms with Crippen LogP contribution < -0.4 is 4.74 Å². The van der Waals surface area contributed by atoms with Crippen LogP contribution in [0, 0.1) is 0 Å². The second-order valence-corrected chi connectivity index (χ2v) is 7.56. The maximum Gasteiger partial charge on any atom is 0.213 e. The number of aromatic nitrogens is 2. The van der Waals surface area contributed by atoms with E-state index in [9.17, 15) is 0 Å². The van der Waals surface area contributed by atoms with Gasteiger partial charge in [-0.25, -0.2) is 9.97 Å². The van der Waals surface area contributed by atoms with Gasteiger partial charge in [0.25, 0.3) is 0 Å². The van der Waals surface area contributed by atoms with Crippen molar-refractivity contribution in [2.75, 3.05) is 33.3 Å². The van der Waals surface area contributed by atoms with Gasteiger partial charge in [-0.1, -0.05) is 6.07 Å². The first kappa shape index (κ1) is 16.0. The predicted molar refractivity (Wildman–Crippen MR) is 95.4 cm³/mol. The molecule has 0 spiro atoms. The lowest BCUT2D eigenvalue weighted by molar-refractivity contribution is 0.120. The molecule has 0 radical (unpaired) electrons. The Labute approximate surface area is 147 Å². The third-order valence-corrected chi connectivity index (χ3v) is 5.78. The van der Waals surface area contributed by atoms with E-state index in [0.717, 1.165) is 50.9 Å². The van der Waals surface area contributed by atoms with Crippen molar-refractivity contribution in [3.05, 3.63) is 40.0 Å². The fourth-order valence-corrected chi connectivity index (χ4v) is 4.12. The Balaban J connectivity index is 1.26. The molecule has 3 heterocycles. The molecule has 1 aliphatic heterocycles. The van der Waals surface area contributed by atoms with Gasteiger partial charge in [-0.15, -0.1) is 11.3 Å². The summed E-state index contributed by atoms with van der Waals surface area (Å²) in [5, 5.41) is 3.60. The van der Waals surface area contributed by atoms with Crippen LogP contribution in [0.25, 0.3) is 0 Å². The van der Waals surface area contributed by atoms with Gasteiger partial charge in [-0.3, -0.25) is 9.80 Å². The van der Waals surface area contributed by atoms with Gasteiger partial charge in [-0.2, -0.15) is 0 Å². The number of nitrogens with zero attached hydrogens (tertiary/aromatic N) is 4. The molecule has 1 saturated carbocycles. The van der Waals surface area contributed by atoms with Crippen molar-refractivity contribution in [2.24, 2.45) is 0 Å². The number of piperazine rings is 1. The van der Waals surface area contributed by atoms with Gasteiger partial charge in [0.15, 0.2) is 0 Å². The SMILES string of the molecule is COc1cccc(CN2CCN(Cc3csc(C4CC4)n3)CC2)n1. The van der Waals surface area contributed by atoms with Crippen molar-refractivity contribution in [1.82, 2.24) is 19.8 Å². The predicted octanol–water partition coefficient (Wildman–Crippen LogP) is 2.74. The van der Waals surface area contributed by atoms with Crippen LogP contribution in [0.1, 0.15) is 35.2 Å². The first-order chi connectivity index (χ1) is 11.8. The van der Waals surface area contributed by atoms with Gasteiger partial charge >= 0.3 is 0 Å². The van der Waals surface area contributed by atoms with Gasteiger partial charge in [0.05, 0.1) is 23.5 Å². The summed E-state index contributed by atoms with van der Waals surface area (Å²) in [5.41, 5.74) is 2.33. The normalized spacial score (nSPS) is 19.5. The molecule has 128 valence electrons. The Morgan fingerprint density at radius 3 is 2.42 bits per heavy atom. The maximum absolute atomic E-state index is 5.21. The lowest BCUT2D eigenvalue weighted by Crippen LogP contribution is -2.45. The van der Waals surface area contributed by atoms with Crippen molar-refractivity contribution in [2.45, 2.75) is 31.8 Å². The summed E-state index contributed by atoms with van der Waals surface area (Å²) in [7, 11) is 1.66. The molecule has 0 N–H and O–H groups in total. The molecule has 0 unspecified atom stereocenters. The van der Waals surface area contributed by atoms with E-state index in [1.165, 1.54) is 23.5 Å². The smallest absolute Gasteiger partial charge is 0.213 e. The number of pyridine rings is 1. The highest BCUT2D eigenvalue weighted by Crippen LogP contribution is 2.41. The molecule has 0 bridgehead atoms. The molecule has 2 aliphatic rings. The average Bonchev–Trinajstić information content (AvgIpc) is 3.37. The second kappa shape index (κ2) is 7.17. The Morgan fingerprint density at radius 2 is 1.75 bits per heavy atom. The lowest BCUT2D eigenvalue weighted by Gasteiger charge is -2.34. The van der Waals surface area contributed by atoms with Crippen LogP contribution in [0.2, 0.25) is 0 Å². The third kappa shape index (κ3) is 3.94. The van der Waals surface area contributed by atoms with E-state index < -0.39 is 0 Å². The zero-order valence-electron chi connectivity index (χ0n) is 14.1. The van der Waals surface area contributed by atoms with Crippen molar-refractivity contribution in [1.29, 1.82) is 0 Å². The number of thiazole rings is 1. The van der Waals surface area contributed by atoms with E-state index in [2.05, 4.69) is 26.2 Å².